The molecule has 4 rings (SSSR count). The van der Waals surface area contributed by atoms with E-state index in [9.17, 15) is 0 Å². The van der Waals surface area contributed by atoms with Crippen molar-refractivity contribution in [1.29, 1.82) is 0 Å². The molecule has 1 heteroatoms. The lowest BCUT2D eigenvalue weighted by molar-refractivity contribution is -0.0498. The van der Waals surface area contributed by atoms with Gasteiger partial charge in [-0.25, -0.2) is 0 Å². The first-order valence-corrected chi connectivity index (χ1v) is 13.0. The smallest absolute Gasteiger partial charge is 0.0373 e. The monoisotopic (exact) mass is 404 g/mol. The highest BCUT2D eigenvalue weighted by atomic mass is 35.5. The van der Waals surface area contributed by atoms with Gasteiger partial charge in [0.05, 0.1) is 0 Å². The van der Waals surface area contributed by atoms with Crippen molar-refractivity contribution < 1.29 is 0 Å². The molecule has 0 heterocycles. The van der Waals surface area contributed by atoms with E-state index in [4.69, 9.17) is 11.6 Å². The first-order chi connectivity index (χ1) is 13.3. The fraction of sp³-hybridized carbons (Fsp3) is 0.926. The zero-order valence-corrected chi connectivity index (χ0v) is 20.0. The molecule has 0 radical (unpaired) electrons. The molecule has 28 heavy (non-hydrogen) atoms. The van der Waals surface area contributed by atoms with E-state index in [1.807, 2.05) is 0 Å². The summed E-state index contributed by atoms with van der Waals surface area (Å²) in [5, 5.41) is 0.396. The summed E-state index contributed by atoms with van der Waals surface area (Å²) in [6, 6.07) is 0. The first-order valence-electron chi connectivity index (χ1n) is 12.6. The highest BCUT2D eigenvalue weighted by Crippen LogP contribution is 2.67. The maximum absolute atomic E-state index is 6.56. The van der Waals surface area contributed by atoms with Crippen LogP contribution in [0.5, 0.6) is 0 Å². The van der Waals surface area contributed by atoms with Crippen molar-refractivity contribution in [1.82, 2.24) is 0 Å². The van der Waals surface area contributed by atoms with Crippen molar-refractivity contribution in [2.45, 2.75) is 111 Å². The molecule has 0 aromatic heterocycles. The number of hydrogen-bond acceptors (Lipinski definition) is 0. The zero-order valence-electron chi connectivity index (χ0n) is 19.3. The molecular weight excluding hydrogens is 360 g/mol. The Labute approximate surface area is 180 Å². The summed E-state index contributed by atoms with van der Waals surface area (Å²) in [5.74, 6) is 5.62. The van der Waals surface area contributed by atoms with Crippen LogP contribution in [0.1, 0.15) is 105 Å². The van der Waals surface area contributed by atoms with Crippen molar-refractivity contribution >= 4 is 11.6 Å². The number of alkyl halides is 1. The van der Waals surface area contributed by atoms with E-state index in [1.54, 1.807) is 5.57 Å². The first kappa shape index (κ1) is 21.3. The molecule has 0 amide bonds. The molecule has 0 saturated heterocycles. The van der Waals surface area contributed by atoms with Crippen molar-refractivity contribution in [3.05, 3.63) is 11.6 Å². The molecule has 0 spiro atoms. The second-order valence-electron chi connectivity index (χ2n) is 12.1. The number of rotatable bonds is 5. The summed E-state index contributed by atoms with van der Waals surface area (Å²) in [5.41, 5.74) is 2.82. The molecule has 8 atom stereocenters. The minimum atomic E-state index is 0.396. The molecule has 0 unspecified atom stereocenters. The fourth-order valence-corrected chi connectivity index (χ4v) is 8.92. The van der Waals surface area contributed by atoms with E-state index in [1.165, 1.54) is 70.6 Å². The molecule has 0 aromatic rings. The van der Waals surface area contributed by atoms with Gasteiger partial charge in [0, 0.05) is 5.38 Å². The number of fused-ring (bicyclic) bond motifs is 5. The molecule has 160 valence electrons. The van der Waals surface area contributed by atoms with Crippen molar-refractivity contribution in [2.75, 3.05) is 0 Å². The number of allylic oxidation sites excluding steroid dienone is 2. The second kappa shape index (κ2) is 7.94. The minimum absolute atomic E-state index is 0.396. The second-order valence-corrected chi connectivity index (χ2v) is 12.7. The summed E-state index contributed by atoms with van der Waals surface area (Å²) in [6.07, 6.45) is 18.0. The van der Waals surface area contributed by atoms with Crippen LogP contribution in [-0.4, -0.2) is 5.38 Å². The van der Waals surface area contributed by atoms with Crippen LogP contribution in [0, 0.1) is 46.3 Å². The molecule has 0 aliphatic heterocycles. The van der Waals surface area contributed by atoms with Crippen LogP contribution in [-0.2, 0) is 0 Å². The van der Waals surface area contributed by atoms with Crippen molar-refractivity contribution in [2.24, 2.45) is 46.3 Å². The lowest BCUT2D eigenvalue weighted by Gasteiger charge is -2.58. The average Bonchev–Trinajstić information content (AvgIpc) is 2.99. The van der Waals surface area contributed by atoms with Gasteiger partial charge in [0.15, 0.2) is 0 Å². The molecule has 0 N–H and O–H groups in total. The van der Waals surface area contributed by atoms with Crippen LogP contribution in [0.2, 0.25) is 0 Å². The van der Waals surface area contributed by atoms with Crippen LogP contribution in [0.15, 0.2) is 11.6 Å². The van der Waals surface area contributed by atoms with E-state index in [2.05, 4.69) is 40.7 Å². The Bertz CT molecular complexity index is 591. The third-order valence-electron chi connectivity index (χ3n) is 10.2. The van der Waals surface area contributed by atoms with Crippen LogP contribution in [0.3, 0.4) is 0 Å². The summed E-state index contributed by atoms with van der Waals surface area (Å²) in [6.45, 7) is 12.7. The van der Waals surface area contributed by atoms with Gasteiger partial charge in [-0.2, -0.15) is 0 Å². The van der Waals surface area contributed by atoms with Crippen LogP contribution >= 0.6 is 11.6 Å². The van der Waals surface area contributed by atoms with Gasteiger partial charge < -0.3 is 0 Å². The Hall–Kier alpha value is 0.0300. The summed E-state index contributed by atoms with van der Waals surface area (Å²) in [4.78, 5) is 0. The Morgan fingerprint density at radius 2 is 1.79 bits per heavy atom. The molecule has 0 nitrogen and oxygen atoms in total. The Balaban J connectivity index is 1.49. The quantitative estimate of drug-likeness (QED) is 0.317. The van der Waals surface area contributed by atoms with Gasteiger partial charge in [0.1, 0.15) is 0 Å². The lowest BCUT2D eigenvalue weighted by Crippen LogP contribution is -2.50. The van der Waals surface area contributed by atoms with Gasteiger partial charge in [-0.15, -0.1) is 11.6 Å². The lowest BCUT2D eigenvalue weighted by atomic mass is 9.47. The van der Waals surface area contributed by atoms with E-state index in [0.717, 1.165) is 35.5 Å². The highest BCUT2D eigenvalue weighted by Gasteiger charge is 2.58. The Morgan fingerprint density at radius 1 is 1.00 bits per heavy atom. The molecular formula is C27H45Cl. The Kier molecular flexibility index (Phi) is 6.03. The van der Waals surface area contributed by atoms with Gasteiger partial charge >= 0.3 is 0 Å². The topological polar surface area (TPSA) is 0 Å². The molecule has 3 fully saturated rings. The average molecular weight is 405 g/mol. The fourth-order valence-electron chi connectivity index (χ4n) is 8.64. The number of hydrogen-bond donors (Lipinski definition) is 0. The van der Waals surface area contributed by atoms with Gasteiger partial charge in [0.2, 0.25) is 0 Å². The maximum atomic E-state index is 6.56. The third kappa shape index (κ3) is 3.52. The number of halogens is 1. The van der Waals surface area contributed by atoms with E-state index in [0.29, 0.717) is 16.2 Å². The van der Waals surface area contributed by atoms with Gasteiger partial charge in [-0.05, 0) is 97.7 Å². The standard InChI is InChI=1S/C27H45Cl/c1-18(2)7-6-8-19(3)23-11-12-24-22-10-9-20-17-21(28)13-15-26(20,4)25(22)14-16-27(23,24)5/h9,18-19,21-25H,6-8,10-17H2,1-5H3/t19-,21-,22-,23-,24+,25-,26-,27+/m0/s1. The molecule has 4 aliphatic rings. The zero-order chi connectivity index (χ0) is 20.1. The molecule has 0 bridgehead atoms. The van der Waals surface area contributed by atoms with Gasteiger partial charge in [-0.3, -0.25) is 0 Å². The van der Waals surface area contributed by atoms with E-state index in [-0.39, 0.29) is 0 Å². The predicted molar refractivity (Wildman–Crippen MR) is 123 cm³/mol. The van der Waals surface area contributed by atoms with Crippen molar-refractivity contribution in [3.63, 3.8) is 0 Å². The summed E-state index contributed by atoms with van der Waals surface area (Å²) < 4.78 is 0. The van der Waals surface area contributed by atoms with Gasteiger partial charge in [0.25, 0.3) is 0 Å². The molecule has 0 aromatic carbocycles. The summed E-state index contributed by atoms with van der Waals surface area (Å²) >= 11 is 6.56. The van der Waals surface area contributed by atoms with E-state index < -0.39 is 0 Å². The normalized spacial score (nSPS) is 46.5. The SMILES string of the molecule is CC(C)CCC[C@H](C)[C@@H]1CC[C@@H]2[C@@H]3CC=C4C[C@@H](Cl)CC[C@]4(C)[C@H]3CC[C@@]21C. The van der Waals surface area contributed by atoms with Crippen LogP contribution in [0.4, 0.5) is 0 Å². The van der Waals surface area contributed by atoms with Crippen LogP contribution < -0.4 is 0 Å². The maximum Gasteiger partial charge on any atom is 0.0373 e. The summed E-state index contributed by atoms with van der Waals surface area (Å²) in [7, 11) is 0. The Morgan fingerprint density at radius 3 is 2.54 bits per heavy atom. The largest absolute Gasteiger partial charge is 0.123 e. The molecule has 4 aliphatic carbocycles. The van der Waals surface area contributed by atoms with E-state index >= 15 is 0 Å². The van der Waals surface area contributed by atoms with Crippen molar-refractivity contribution in [3.8, 4) is 0 Å². The third-order valence-corrected chi connectivity index (χ3v) is 10.6. The highest BCUT2D eigenvalue weighted by molar-refractivity contribution is 6.20. The van der Waals surface area contributed by atoms with Crippen LogP contribution in [0.25, 0.3) is 0 Å². The minimum Gasteiger partial charge on any atom is -0.123 e. The molecule has 3 saturated carbocycles. The van der Waals surface area contributed by atoms with Gasteiger partial charge in [-0.1, -0.05) is 65.5 Å². The predicted octanol–water partition coefficient (Wildman–Crippen LogP) is 8.64.